The molecule has 2 aliphatic carbocycles. The lowest BCUT2D eigenvalue weighted by atomic mass is 9.95. The summed E-state index contributed by atoms with van der Waals surface area (Å²) < 4.78 is 5.71. The van der Waals surface area contributed by atoms with Gasteiger partial charge in [0.25, 0.3) is 0 Å². The Morgan fingerprint density at radius 2 is 2.17 bits per heavy atom. The first-order chi connectivity index (χ1) is 8.86. The van der Waals surface area contributed by atoms with Crippen molar-refractivity contribution in [1.82, 2.24) is 4.98 Å². The fourth-order valence-corrected chi connectivity index (χ4v) is 2.53. The molecule has 0 amide bonds. The average Bonchev–Trinajstić information content (AvgIpc) is 3.22. The fraction of sp³-hybridized carbons (Fsp3) is 0.600. The molecule has 1 fully saturated rings. The van der Waals surface area contributed by atoms with Crippen LogP contribution < -0.4 is 4.74 Å². The van der Waals surface area contributed by atoms with Crippen molar-refractivity contribution in [3.05, 3.63) is 22.9 Å². The van der Waals surface area contributed by atoms with E-state index in [0.29, 0.717) is 18.1 Å². The molecule has 3 rings (SSSR count). The fourth-order valence-electron chi connectivity index (χ4n) is 2.53. The van der Waals surface area contributed by atoms with Crippen molar-refractivity contribution in [3.8, 4) is 11.9 Å². The molecule has 0 bridgehead atoms. The first kappa shape index (κ1) is 11.5. The predicted octanol–water partition coefficient (Wildman–Crippen LogP) is 3.01. The Balaban J connectivity index is 1.75. The summed E-state index contributed by atoms with van der Waals surface area (Å²) in [4.78, 5) is 4.56. The average molecular weight is 242 g/mol. The lowest BCUT2D eigenvalue weighted by Gasteiger charge is -2.16. The van der Waals surface area contributed by atoms with Crippen LogP contribution in [0.15, 0.2) is 6.07 Å². The number of aryl methyl sites for hydroxylation is 2. The van der Waals surface area contributed by atoms with E-state index in [1.165, 1.54) is 31.2 Å². The Bertz CT molecular complexity index is 486. The quantitative estimate of drug-likeness (QED) is 0.815. The number of ether oxygens (including phenoxy) is 1. The Hall–Kier alpha value is -1.56. The number of fused-ring (bicyclic) bond motifs is 1. The maximum Gasteiger partial charge on any atom is 0.231 e. The molecule has 3 heteroatoms. The van der Waals surface area contributed by atoms with Gasteiger partial charge in [-0.1, -0.05) is 12.8 Å². The van der Waals surface area contributed by atoms with Gasteiger partial charge in [-0.2, -0.15) is 5.26 Å². The van der Waals surface area contributed by atoms with E-state index in [9.17, 15) is 5.26 Å². The number of nitrogens with zero attached hydrogens (tertiary/aromatic N) is 2. The molecule has 0 aromatic carbocycles. The predicted molar refractivity (Wildman–Crippen MR) is 68.4 cm³/mol. The summed E-state index contributed by atoms with van der Waals surface area (Å²) in [6, 6.07) is 4.19. The summed E-state index contributed by atoms with van der Waals surface area (Å²) in [5.41, 5.74) is 2.99. The summed E-state index contributed by atoms with van der Waals surface area (Å²) in [7, 11) is 0. The van der Waals surface area contributed by atoms with Crippen molar-refractivity contribution in [3.63, 3.8) is 0 Å². The summed E-state index contributed by atoms with van der Waals surface area (Å²) in [5.74, 6) is 1.41. The zero-order valence-corrected chi connectivity index (χ0v) is 10.6. The normalized spacial score (nSPS) is 17.9. The third-order valence-electron chi connectivity index (χ3n) is 3.85. The van der Waals surface area contributed by atoms with Gasteiger partial charge in [0.05, 0.1) is 6.61 Å². The van der Waals surface area contributed by atoms with Crippen LogP contribution in [0.2, 0.25) is 0 Å². The SMILES string of the molecule is N#Cc1cc2c(nc1OCCC1CC1)CCCC2. The maximum absolute atomic E-state index is 9.17. The Kier molecular flexibility index (Phi) is 3.19. The minimum atomic E-state index is 0.554. The van der Waals surface area contributed by atoms with Gasteiger partial charge in [0.1, 0.15) is 11.6 Å². The number of pyridine rings is 1. The molecule has 0 unspecified atom stereocenters. The van der Waals surface area contributed by atoms with Crippen molar-refractivity contribution in [2.24, 2.45) is 5.92 Å². The minimum Gasteiger partial charge on any atom is -0.477 e. The Labute approximate surface area is 108 Å². The molecule has 1 saturated carbocycles. The summed E-state index contributed by atoms with van der Waals surface area (Å²) in [6.07, 6.45) is 8.27. The molecule has 1 aromatic rings. The van der Waals surface area contributed by atoms with Crippen molar-refractivity contribution in [1.29, 1.82) is 5.26 Å². The first-order valence-corrected chi connectivity index (χ1v) is 6.92. The highest BCUT2D eigenvalue weighted by atomic mass is 16.5. The van der Waals surface area contributed by atoms with Crippen molar-refractivity contribution in [2.45, 2.75) is 44.9 Å². The van der Waals surface area contributed by atoms with Crippen molar-refractivity contribution < 1.29 is 4.74 Å². The highest BCUT2D eigenvalue weighted by Gasteiger charge is 2.21. The summed E-state index contributed by atoms with van der Waals surface area (Å²) in [6.45, 7) is 0.700. The molecular formula is C15H18N2O. The van der Waals surface area contributed by atoms with E-state index in [0.717, 1.165) is 30.9 Å². The van der Waals surface area contributed by atoms with Gasteiger partial charge in [0, 0.05) is 5.69 Å². The first-order valence-electron chi connectivity index (χ1n) is 6.92. The number of hydrogen-bond donors (Lipinski definition) is 0. The zero-order chi connectivity index (χ0) is 12.4. The highest BCUT2D eigenvalue weighted by Crippen LogP contribution is 2.32. The standard InChI is InChI=1S/C15H18N2O/c16-10-13-9-12-3-1-2-4-14(12)17-15(13)18-8-7-11-5-6-11/h9,11H,1-8H2. The maximum atomic E-state index is 9.17. The number of rotatable bonds is 4. The molecule has 94 valence electrons. The summed E-state index contributed by atoms with van der Waals surface area (Å²) >= 11 is 0. The molecule has 0 saturated heterocycles. The summed E-state index contributed by atoms with van der Waals surface area (Å²) in [5, 5.41) is 9.17. The Morgan fingerprint density at radius 3 is 2.94 bits per heavy atom. The van der Waals surface area contributed by atoms with Gasteiger partial charge in [-0.3, -0.25) is 0 Å². The van der Waals surface area contributed by atoms with Crippen LogP contribution >= 0.6 is 0 Å². The van der Waals surface area contributed by atoms with Crippen LogP contribution in [0.4, 0.5) is 0 Å². The zero-order valence-electron chi connectivity index (χ0n) is 10.6. The van der Waals surface area contributed by atoms with Gasteiger partial charge in [0.15, 0.2) is 0 Å². The van der Waals surface area contributed by atoms with E-state index in [1.807, 2.05) is 6.07 Å². The molecule has 0 aliphatic heterocycles. The number of nitriles is 1. The van der Waals surface area contributed by atoms with Crippen LogP contribution in [0.5, 0.6) is 5.88 Å². The van der Waals surface area contributed by atoms with E-state index in [1.54, 1.807) is 0 Å². The highest BCUT2D eigenvalue weighted by molar-refractivity contribution is 5.43. The van der Waals surface area contributed by atoms with E-state index in [4.69, 9.17) is 4.74 Å². The van der Waals surface area contributed by atoms with E-state index in [-0.39, 0.29) is 0 Å². The lowest BCUT2D eigenvalue weighted by molar-refractivity contribution is 0.289. The molecule has 18 heavy (non-hydrogen) atoms. The van der Waals surface area contributed by atoms with Crippen LogP contribution in [0.25, 0.3) is 0 Å². The van der Waals surface area contributed by atoms with E-state index >= 15 is 0 Å². The van der Waals surface area contributed by atoms with Crippen LogP contribution in [0, 0.1) is 17.2 Å². The third-order valence-corrected chi connectivity index (χ3v) is 3.85. The second-order valence-corrected chi connectivity index (χ2v) is 5.35. The Morgan fingerprint density at radius 1 is 1.33 bits per heavy atom. The van der Waals surface area contributed by atoms with Gasteiger partial charge in [-0.25, -0.2) is 4.98 Å². The molecule has 0 radical (unpaired) electrons. The van der Waals surface area contributed by atoms with Gasteiger partial charge in [0.2, 0.25) is 5.88 Å². The molecule has 0 spiro atoms. The van der Waals surface area contributed by atoms with Gasteiger partial charge in [-0.05, 0) is 49.7 Å². The van der Waals surface area contributed by atoms with E-state index < -0.39 is 0 Å². The topological polar surface area (TPSA) is 45.9 Å². The molecule has 0 atom stereocenters. The van der Waals surface area contributed by atoms with Gasteiger partial charge < -0.3 is 4.74 Å². The third kappa shape index (κ3) is 2.48. The molecule has 1 aromatic heterocycles. The number of aromatic nitrogens is 1. The van der Waals surface area contributed by atoms with Crippen LogP contribution in [-0.4, -0.2) is 11.6 Å². The molecule has 0 N–H and O–H groups in total. The second kappa shape index (κ2) is 4.97. The monoisotopic (exact) mass is 242 g/mol. The molecule has 1 heterocycles. The lowest BCUT2D eigenvalue weighted by Crippen LogP contribution is -2.09. The van der Waals surface area contributed by atoms with Crippen molar-refractivity contribution >= 4 is 0 Å². The van der Waals surface area contributed by atoms with Gasteiger partial charge >= 0.3 is 0 Å². The van der Waals surface area contributed by atoms with Crippen LogP contribution in [0.1, 0.15) is 48.9 Å². The smallest absolute Gasteiger partial charge is 0.231 e. The largest absolute Gasteiger partial charge is 0.477 e. The molecular weight excluding hydrogens is 224 g/mol. The van der Waals surface area contributed by atoms with Crippen LogP contribution in [-0.2, 0) is 12.8 Å². The number of hydrogen-bond acceptors (Lipinski definition) is 3. The second-order valence-electron chi connectivity index (χ2n) is 5.35. The van der Waals surface area contributed by atoms with Crippen molar-refractivity contribution in [2.75, 3.05) is 6.61 Å². The minimum absolute atomic E-state index is 0.554. The molecule has 2 aliphatic rings. The van der Waals surface area contributed by atoms with Crippen LogP contribution in [0.3, 0.4) is 0 Å². The van der Waals surface area contributed by atoms with E-state index in [2.05, 4.69) is 11.1 Å². The molecule has 3 nitrogen and oxygen atoms in total. The van der Waals surface area contributed by atoms with Gasteiger partial charge in [-0.15, -0.1) is 0 Å².